The maximum absolute atomic E-state index is 12.5. The zero-order valence-electron chi connectivity index (χ0n) is 8.68. The number of nitrogens with zero attached hydrogens (tertiary/aromatic N) is 1. The summed E-state index contributed by atoms with van der Waals surface area (Å²) in [6.45, 7) is 0. The van der Waals surface area contributed by atoms with E-state index in [-0.39, 0.29) is 10.5 Å². The largest absolute Gasteiger partial charge is 0.497 e. The second-order valence-corrected chi connectivity index (χ2v) is 3.78. The number of ether oxygens (including phenoxy) is 1. The van der Waals surface area contributed by atoms with E-state index in [1.807, 2.05) is 0 Å². The van der Waals surface area contributed by atoms with Crippen LogP contribution in [0.25, 0.3) is 10.9 Å². The standard InChI is InChI=1S/C11H7ClF3NO/c1-17-6-2-3-7-8(12)5-10(11(13,14)15)16-9(7)4-6/h2-5H,1H3. The number of halogens is 4. The van der Waals surface area contributed by atoms with Crippen molar-refractivity contribution in [3.05, 3.63) is 35.0 Å². The average Bonchev–Trinajstić information content (AvgIpc) is 2.27. The van der Waals surface area contributed by atoms with E-state index in [1.54, 1.807) is 12.1 Å². The Morgan fingerprint density at radius 2 is 1.94 bits per heavy atom. The van der Waals surface area contributed by atoms with Crippen LogP contribution >= 0.6 is 11.6 Å². The van der Waals surface area contributed by atoms with Crippen LogP contribution < -0.4 is 4.74 Å². The first-order valence-corrected chi connectivity index (χ1v) is 5.01. The van der Waals surface area contributed by atoms with Crippen LogP contribution in [0.15, 0.2) is 24.3 Å². The van der Waals surface area contributed by atoms with Gasteiger partial charge < -0.3 is 4.74 Å². The summed E-state index contributed by atoms with van der Waals surface area (Å²) in [5.41, 5.74) is -0.854. The molecule has 0 amide bonds. The minimum Gasteiger partial charge on any atom is -0.497 e. The van der Waals surface area contributed by atoms with Crippen LogP contribution in [0.5, 0.6) is 5.75 Å². The van der Waals surface area contributed by atoms with Crippen LogP contribution in [0.3, 0.4) is 0 Å². The molecule has 0 saturated carbocycles. The van der Waals surface area contributed by atoms with Gasteiger partial charge in [0.25, 0.3) is 0 Å². The van der Waals surface area contributed by atoms with Gasteiger partial charge in [0, 0.05) is 11.5 Å². The highest BCUT2D eigenvalue weighted by Crippen LogP contribution is 2.33. The fourth-order valence-corrected chi connectivity index (χ4v) is 1.70. The van der Waals surface area contributed by atoms with Crippen molar-refractivity contribution in [3.63, 3.8) is 0 Å². The minimum absolute atomic E-state index is 0.0185. The van der Waals surface area contributed by atoms with Crippen LogP contribution in [0.2, 0.25) is 5.02 Å². The molecule has 0 bridgehead atoms. The van der Waals surface area contributed by atoms with Gasteiger partial charge >= 0.3 is 6.18 Å². The number of methoxy groups -OCH3 is 1. The van der Waals surface area contributed by atoms with E-state index in [2.05, 4.69) is 4.98 Å². The molecule has 0 aliphatic carbocycles. The van der Waals surface area contributed by atoms with E-state index < -0.39 is 11.9 Å². The lowest BCUT2D eigenvalue weighted by atomic mass is 10.2. The highest BCUT2D eigenvalue weighted by molar-refractivity contribution is 6.35. The smallest absolute Gasteiger partial charge is 0.433 e. The van der Waals surface area contributed by atoms with Crippen molar-refractivity contribution in [2.75, 3.05) is 7.11 Å². The first-order chi connectivity index (χ1) is 7.91. The SMILES string of the molecule is COc1ccc2c(Cl)cc(C(F)(F)F)nc2c1. The fourth-order valence-electron chi connectivity index (χ4n) is 1.44. The highest BCUT2D eigenvalue weighted by atomic mass is 35.5. The molecule has 6 heteroatoms. The van der Waals surface area contributed by atoms with Crippen LogP contribution in [-0.2, 0) is 6.18 Å². The van der Waals surface area contributed by atoms with E-state index in [0.29, 0.717) is 11.1 Å². The Morgan fingerprint density at radius 3 is 2.53 bits per heavy atom. The summed E-state index contributed by atoms with van der Waals surface area (Å²) in [6, 6.07) is 5.42. The number of aromatic nitrogens is 1. The summed E-state index contributed by atoms with van der Waals surface area (Å²) in [5.74, 6) is 0.431. The molecule has 17 heavy (non-hydrogen) atoms. The van der Waals surface area contributed by atoms with E-state index in [0.717, 1.165) is 6.07 Å². The van der Waals surface area contributed by atoms with Gasteiger partial charge in [-0.25, -0.2) is 4.98 Å². The Labute approximate surface area is 100.0 Å². The van der Waals surface area contributed by atoms with Crippen molar-refractivity contribution in [1.82, 2.24) is 4.98 Å². The molecule has 0 radical (unpaired) electrons. The van der Waals surface area contributed by atoms with Gasteiger partial charge in [-0.3, -0.25) is 0 Å². The molecule has 0 aliphatic rings. The molecule has 2 nitrogen and oxygen atoms in total. The second-order valence-electron chi connectivity index (χ2n) is 3.37. The third-order valence-corrected chi connectivity index (χ3v) is 2.57. The predicted octanol–water partition coefficient (Wildman–Crippen LogP) is 3.92. The zero-order chi connectivity index (χ0) is 12.6. The van der Waals surface area contributed by atoms with Gasteiger partial charge in [0.2, 0.25) is 0 Å². The molecule has 1 aromatic carbocycles. The van der Waals surface area contributed by atoms with Gasteiger partial charge in [0.15, 0.2) is 0 Å². The van der Waals surface area contributed by atoms with E-state index >= 15 is 0 Å². The van der Waals surface area contributed by atoms with Gasteiger partial charge in [-0.2, -0.15) is 13.2 Å². The van der Waals surface area contributed by atoms with Crippen LogP contribution in [0.4, 0.5) is 13.2 Å². The minimum atomic E-state index is -4.51. The summed E-state index contributed by atoms with van der Waals surface area (Å²) in [5, 5.41) is 0.477. The maximum atomic E-state index is 12.5. The quantitative estimate of drug-likeness (QED) is 0.776. The van der Waals surface area contributed by atoms with Crippen LogP contribution in [0.1, 0.15) is 5.69 Å². The zero-order valence-corrected chi connectivity index (χ0v) is 9.43. The molecule has 0 unspecified atom stereocenters. The summed E-state index contributed by atoms with van der Waals surface area (Å²) < 4.78 is 42.5. The molecular weight excluding hydrogens is 255 g/mol. The van der Waals surface area contributed by atoms with Crippen molar-refractivity contribution in [3.8, 4) is 5.75 Å². The third-order valence-electron chi connectivity index (χ3n) is 2.26. The predicted molar refractivity (Wildman–Crippen MR) is 58.3 cm³/mol. The molecule has 1 aromatic heterocycles. The lowest BCUT2D eigenvalue weighted by molar-refractivity contribution is -0.140. The normalized spacial score (nSPS) is 11.8. The highest BCUT2D eigenvalue weighted by Gasteiger charge is 2.33. The molecule has 2 aromatic rings. The molecule has 0 N–H and O–H groups in total. The Kier molecular flexibility index (Phi) is 2.87. The number of alkyl halides is 3. The van der Waals surface area contributed by atoms with Crippen molar-refractivity contribution >= 4 is 22.5 Å². The topological polar surface area (TPSA) is 22.1 Å². The van der Waals surface area contributed by atoms with E-state index in [1.165, 1.54) is 13.2 Å². The first-order valence-electron chi connectivity index (χ1n) is 4.63. The number of rotatable bonds is 1. The Bertz CT molecular complexity index is 568. The lowest BCUT2D eigenvalue weighted by Crippen LogP contribution is -2.07. The monoisotopic (exact) mass is 261 g/mol. The first kappa shape index (κ1) is 12.0. The Morgan fingerprint density at radius 1 is 1.24 bits per heavy atom. The molecule has 0 atom stereocenters. The third kappa shape index (κ3) is 2.29. The van der Waals surface area contributed by atoms with Gasteiger partial charge in [-0.15, -0.1) is 0 Å². The van der Waals surface area contributed by atoms with E-state index in [9.17, 15) is 13.2 Å². The molecule has 90 valence electrons. The number of benzene rings is 1. The van der Waals surface area contributed by atoms with Crippen molar-refractivity contribution in [1.29, 1.82) is 0 Å². The molecule has 0 saturated heterocycles. The van der Waals surface area contributed by atoms with Gasteiger partial charge in [0.1, 0.15) is 11.4 Å². The molecule has 0 spiro atoms. The summed E-state index contributed by atoms with van der Waals surface area (Å²) in [4.78, 5) is 3.53. The Hall–Kier alpha value is -1.49. The summed E-state index contributed by atoms with van der Waals surface area (Å²) in [6.07, 6.45) is -4.51. The summed E-state index contributed by atoms with van der Waals surface area (Å²) >= 11 is 5.78. The number of hydrogen-bond donors (Lipinski definition) is 0. The lowest BCUT2D eigenvalue weighted by Gasteiger charge is -2.09. The van der Waals surface area contributed by atoms with Gasteiger partial charge in [-0.05, 0) is 18.2 Å². The van der Waals surface area contributed by atoms with Crippen molar-refractivity contribution in [2.45, 2.75) is 6.18 Å². The maximum Gasteiger partial charge on any atom is 0.433 e. The summed E-state index contributed by atoms with van der Waals surface area (Å²) in [7, 11) is 1.43. The average molecular weight is 262 g/mol. The molecule has 1 heterocycles. The number of fused-ring (bicyclic) bond motifs is 1. The molecule has 2 rings (SSSR count). The Balaban J connectivity index is 2.70. The van der Waals surface area contributed by atoms with Crippen molar-refractivity contribution in [2.24, 2.45) is 0 Å². The van der Waals surface area contributed by atoms with Gasteiger partial charge in [0.05, 0.1) is 17.6 Å². The van der Waals surface area contributed by atoms with Crippen molar-refractivity contribution < 1.29 is 17.9 Å². The number of pyridine rings is 1. The van der Waals surface area contributed by atoms with Gasteiger partial charge in [-0.1, -0.05) is 11.6 Å². The molecule has 0 fully saturated rings. The fraction of sp³-hybridized carbons (Fsp3) is 0.182. The molecular formula is C11H7ClF3NO. The van der Waals surface area contributed by atoms with E-state index in [4.69, 9.17) is 16.3 Å². The van der Waals surface area contributed by atoms with Crippen LogP contribution in [0, 0.1) is 0 Å². The van der Waals surface area contributed by atoms with Crippen LogP contribution in [-0.4, -0.2) is 12.1 Å². The molecule has 0 aliphatic heterocycles. The second kappa shape index (κ2) is 4.07. The number of hydrogen-bond acceptors (Lipinski definition) is 2.